The normalized spacial score (nSPS) is 27.5. The summed E-state index contributed by atoms with van der Waals surface area (Å²) in [5.74, 6) is 1.01. The number of nitrogens with one attached hydrogen (secondary N) is 1. The third-order valence-electron chi connectivity index (χ3n) is 5.76. The molecule has 1 unspecified atom stereocenters. The fourth-order valence-electron chi connectivity index (χ4n) is 4.11. The molecule has 0 amide bonds. The van der Waals surface area contributed by atoms with Crippen LogP contribution < -0.4 is 5.32 Å². The van der Waals surface area contributed by atoms with Gasteiger partial charge in [0.1, 0.15) is 0 Å². The monoisotopic (exact) mass is 284 g/mol. The van der Waals surface area contributed by atoms with Crippen LogP contribution in [0.1, 0.15) is 43.2 Å². The van der Waals surface area contributed by atoms with E-state index in [0.717, 1.165) is 18.0 Å². The number of piperidine rings is 1. The summed E-state index contributed by atoms with van der Waals surface area (Å²) in [6, 6.07) is 10.6. The van der Waals surface area contributed by atoms with E-state index in [2.05, 4.69) is 34.5 Å². The smallest absolute Gasteiger partial charge is 0.0139 e. The van der Waals surface area contributed by atoms with E-state index in [1.165, 1.54) is 64.6 Å². The number of fused-ring (bicyclic) bond motifs is 1. The average molecular weight is 284 g/mol. The van der Waals surface area contributed by atoms with Crippen molar-refractivity contribution in [1.29, 1.82) is 0 Å². The van der Waals surface area contributed by atoms with Gasteiger partial charge in [0.05, 0.1) is 0 Å². The van der Waals surface area contributed by atoms with Gasteiger partial charge in [-0.05, 0) is 81.6 Å². The highest BCUT2D eigenvalue weighted by molar-refractivity contribution is 5.30. The highest BCUT2D eigenvalue weighted by atomic mass is 15.2. The molecule has 2 aliphatic carbocycles. The Labute approximate surface area is 128 Å². The van der Waals surface area contributed by atoms with Crippen LogP contribution in [0.3, 0.4) is 0 Å². The van der Waals surface area contributed by atoms with Gasteiger partial charge >= 0.3 is 0 Å². The molecule has 3 aliphatic rings. The number of aryl methyl sites for hydroxylation is 1. The van der Waals surface area contributed by atoms with Gasteiger partial charge in [0.15, 0.2) is 0 Å². The van der Waals surface area contributed by atoms with Crippen molar-refractivity contribution in [2.45, 2.75) is 57.0 Å². The van der Waals surface area contributed by atoms with Gasteiger partial charge in [0, 0.05) is 12.1 Å². The number of rotatable bonds is 4. The van der Waals surface area contributed by atoms with E-state index in [0.29, 0.717) is 0 Å². The molecule has 1 saturated carbocycles. The lowest BCUT2D eigenvalue weighted by Crippen LogP contribution is -2.48. The molecule has 0 bridgehead atoms. The zero-order chi connectivity index (χ0) is 14.1. The van der Waals surface area contributed by atoms with Crippen molar-refractivity contribution in [3.05, 3.63) is 35.4 Å². The summed E-state index contributed by atoms with van der Waals surface area (Å²) in [7, 11) is 0. The molecule has 2 nitrogen and oxygen atoms in total. The van der Waals surface area contributed by atoms with Gasteiger partial charge in [-0.1, -0.05) is 24.3 Å². The van der Waals surface area contributed by atoms with Crippen LogP contribution in [0.15, 0.2) is 24.3 Å². The second-order valence-electron chi connectivity index (χ2n) is 7.33. The summed E-state index contributed by atoms with van der Waals surface area (Å²) in [6.07, 6.45) is 9.55. The fourth-order valence-corrected chi connectivity index (χ4v) is 4.11. The lowest BCUT2D eigenvalue weighted by atomic mass is 9.86. The maximum absolute atomic E-state index is 3.80. The van der Waals surface area contributed by atoms with Gasteiger partial charge in [-0.3, -0.25) is 4.90 Å². The first-order valence-electron chi connectivity index (χ1n) is 8.93. The van der Waals surface area contributed by atoms with Crippen LogP contribution in [0.2, 0.25) is 0 Å². The van der Waals surface area contributed by atoms with Crippen molar-refractivity contribution in [3.63, 3.8) is 0 Å². The molecule has 2 fully saturated rings. The Bertz CT molecular complexity index is 472. The molecule has 0 aromatic heterocycles. The van der Waals surface area contributed by atoms with Crippen molar-refractivity contribution in [2.75, 3.05) is 19.6 Å². The quantitative estimate of drug-likeness (QED) is 0.914. The number of nitrogens with zero attached hydrogens (tertiary/aromatic N) is 1. The molecule has 1 saturated heterocycles. The molecule has 1 aromatic carbocycles. The van der Waals surface area contributed by atoms with Gasteiger partial charge in [-0.15, -0.1) is 0 Å². The van der Waals surface area contributed by atoms with Gasteiger partial charge in [-0.25, -0.2) is 0 Å². The summed E-state index contributed by atoms with van der Waals surface area (Å²) in [4.78, 5) is 2.77. The Morgan fingerprint density at radius 3 is 2.48 bits per heavy atom. The molecular weight excluding hydrogens is 256 g/mol. The molecule has 1 aliphatic heterocycles. The molecule has 0 radical (unpaired) electrons. The summed E-state index contributed by atoms with van der Waals surface area (Å²) in [5, 5.41) is 3.80. The van der Waals surface area contributed by atoms with E-state index in [4.69, 9.17) is 0 Å². The molecule has 0 spiro atoms. The van der Waals surface area contributed by atoms with E-state index < -0.39 is 0 Å². The topological polar surface area (TPSA) is 15.3 Å². The summed E-state index contributed by atoms with van der Waals surface area (Å²) >= 11 is 0. The van der Waals surface area contributed by atoms with Crippen LogP contribution in [0.4, 0.5) is 0 Å². The summed E-state index contributed by atoms with van der Waals surface area (Å²) in [6.45, 7) is 3.88. The van der Waals surface area contributed by atoms with Crippen LogP contribution in [0, 0.1) is 5.92 Å². The summed E-state index contributed by atoms with van der Waals surface area (Å²) < 4.78 is 0. The van der Waals surface area contributed by atoms with Crippen molar-refractivity contribution < 1.29 is 0 Å². The number of benzene rings is 1. The Balaban J connectivity index is 1.28. The third kappa shape index (κ3) is 3.32. The van der Waals surface area contributed by atoms with Gasteiger partial charge in [0.2, 0.25) is 0 Å². The van der Waals surface area contributed by atoms with Crippen molar-refractivity contribution in [1.82, 2.24) is 10.2 Å². The molecule has 1 heterocycles. The number of hydrogen-bond acceptors (Lipinski definition) is 2. The first-order valence-corrected chi connectivity index (χ1v) is 8.93. The zero-order valence-corrected chi connectivity index (χ0v) is 13.1. The minimum atomic E-state index is 0.790. The standard InChI is InChI=1S/C19H28N2/c1-2-4-17-13-19(8-7-16(17)3-1)21-11-9-18(10-12-21)20-14-15-5-6-15/h1-4,15,18-20H,5-14H2. The van der Waals surface area contributed by atoms with Crippen molar-refractivity contribution in [2.24, 2.45) is 5.92 Å². The maximum atomic E-state index is 3.80. The second kappa shape index (κ2) is 6.10. The first kappa shape index (κ1) is 13.8. The predicted molar refractivity (Wildman–Crippen MR) is 87.6 cm³/mol. The van der Waals surface area contributed by atoms with E-state index in [1.807, 2.05) is 0 Å². The molecule has 114 valence electrons. The number of likely N-dealkylation sites (tertiary alicyclic amines) is 1. The van der Waals surface area contributed by atoms with Gasteiger partial charge in [-0.2, -0.15) is 0 Å². The molecule has 2 heteroatoms. The second-order valence-corrected chi connectivity index (χ2v) is 7.33. The highest BCUT2D eigenvalue weighted by Gasteiger charge is 2.28. The van der Waals surface area contributed by atoms with Crippen LogP contribution >= 0.6 is 0 Å². The summed E-state index contributed by atoms with van der Waals surface area (Å²) in [5.41, 5.74) is 3.19. The minimum Gasteiger partial charge on any atom is -0.314 e. The van der Waals surface area contributed by atoms with Crippen LogP contribution in [-0.4, -0.2) is 36.6 Å². The molecule has 21 heavy (non-hydrogen) atoms. The Kier molecular flexibility index (Phi) is 4.00. The Morgan fingerprint density at radius 1 is 0.952 bits per heavy atom. The molecule has 1 atom stereocenters. The zero-order valence-electron chi connectivity index (χ0n) is 13.1. The highest BCUT2D eigenvalue weighted by Crippen LogP contribution is 2.29. The van der Waals surface area contributed by atoms with E-state index in [-0.39, 0.29) is 0 Å². The van der Waals surface area contributed by atoms with E-state index >= 15 is 0 Å². The van der Waals surface area contributed by atoms with Crippen LogP contribution in [-0.2, 0) is 12.8 Å². The Hall–Kier alpha value is -0.860. The third-order valence-corrected chi connectivity index (χ3v) is 5.76. The van der Waals surface area contributed by atoms with Crippen molar-refractivity contribution in [3.8, 4) is 0 Å². The molecule has 4 rings (SSSR count). The largest absolute Gasteiger partial charge is 0.314 e. The Morgan fingerprint density at radius 2 is 1.71 bits per heavy atom. The lowest BCUT2D eigenvalue weighted by molar-refractivity contribution is 0.132. The van der Waals surface area contributed by atoms with E-state index in [9.17, 15) is 0 Å². The van der Waals surface area contributed by atoms with Gasteiger partial charge < -0.3 is 5.32 Å². The lowest BCUT2D eigenvalue weighted by Gasteiger charge is -2.40. The first-order chi connectivity index (χ1) is 10.4. The predicted octanol–water partition coefficient (Wildman–Crippen LogP) is 3.01. The minimum absolute atomic E-state index is 0.790. The van der Waals surface area contributed by atoms with Crippen LogP contribution in [0.5, 0.6) is 0 Å². The SMILES string of the molecule is c1ccc2c(c1)CCC(N1CCC(NCC3CC3)CC1)C2. The molecular formula is C19H28N2. The molecule has 1 aromatic rings. The van der Waals surface area contributed by atoms with Crippen molar-refractivity contribution >= 4 is 0 Å². The van der Waals surface area contributed by atoms with Crippen LogP contribution in [0.25, 0.3) is 0 Å². The average Bonchev–Trinajstić information content (AvgIpc) is 3.37. The fraction of sp³-hybridized carbons (Fsp3) is 0.684. The molecule has 1 N–H and O–H groups in total. The maximum Gasteiger partial charge on any atom is 0.0139 e. The van der Waals surface area contributed by atoms with E-state index in [1.54, 1.807) is 11.1 Å². The van der Waals surface area contributed by atoms with Gasteiger partial charge in [0.25, 0.3) is 0 Å². The number of hydrogen-bond donors (Lipinski definition) is 1.